The third-order valence-electron chi connectivity index (χ3n) is 3.86. The second-order valence-corrected chi connectivity index (χ2v) is 6.32. The molecular formula is C14H19Cl2NO3. The van der Waals surface area contributed by atoms with E-state index in [9.17, 15) is 10.2 Å². The number of β-amino-alcohol motifs (C(OH)–C–C–N with tert-alkyl or cyclic N) is 1. The highest BCUT2D eigenvalue weighted by atomic mass is 35.5. The zero-order valence-corrected chi connectivity index (χ0v) is 13.1. The third-order valence-corrected chi connectivity index (χ3v) is 4.36. The van der Waals surface area contributed by atoms with Gasteiger partial charge in [0.15, 0.2) is 0 Å². The molecule has 1 aromatic carbocycles. The van der Waals surface area contributed by atoms with E-state index in [2.05, 4.69) is 0 Å². The van der Waals surface area contributed by atoms with E-state index in [0.717, 1.165) is 5.56 Å². The van der Waals surface area contributed by atoms with Crippen LogP contribution in [0.3, 0.4) is 0 Å². The fraction of sp³-hybridized carbons (Fsp3) is 0.571. The Morgan fingerprint density at radius 3 is 2.75 bits per heavy atom. The standard InChI is InChI=1S/C14H19Cl2NO3/c1-14(8-18)5-11(19)7-17(14)6-9-3-10(15)4-12(16)13(9)20-2/h3-4,11,18-19H,5-8H2,1-2H3. The van der Waals surface area contributed by atoms with Gasteiger partial charge in [-0.2, -0.15) is 0 Å². The predicted octanol–water partition coefficient (Wildman–Crippen LogP) is 2.32. The summed E-state index contributed by atoms with van der Waals surface area (Å²) in [7, 11) is 1.56. The second kappa shape index (κ2) is 6.08. The molecule has 0 aromatic heterocycles. The Morgan fingerprint density at radius 1 is 1.45 bits per heavy atom. The molecule has 2 rings (SSSR count). The summed E-state index contributed by atoms with van der Waals surface area (Å²) in [6, 6.07) is 3.43. The molecule has 1 aliphatic rings. The van der Waals surface area contributed by atoms with E-state index in [1.807, 2.05) is 11.8 Å². The number of aliphatic hydroxyl groups is 2. The summed E-state index contributed by atoms with van der Waals surface area (Å²) in [5.41, 5.74) is 0.401. The lowest BCUT2D eigenvalue weighted by molar-refractivity contribution is 0.0728. The number of hydrogen-bond donors (Lipinski definition) is 2. The molecule has 0 amide bonds. The van der Waals surface area contributed by atoms with Crippen LogP contribution in [0, 0.1) is 0 Å². The molecule has 2 N–H and O–H groups in total. The van der Waals surface area contributed by atoms with Crippen molar-refractivity contribution in [2.45, 2.75) is 31.5 Å². The van der Waals surface area contributed by atoms with Crippen molar-refractivity contribution in [2.75, 3.05) is 20.3 Å². The van der Waals surface area contributed by atoms with Crippen LogP contribution in [-0.2, 0) is 6.54 Å². The Labute approximate surface area is 128 Å². The normalized spacial score (nSPS) is 27.0. The van der Waals surface area contributed by atoms with Crippen LogP contribution >= 0.6 is 23.2 Å². The first-order valence-electron chi connectivity index (χ1n) is 6.45. The van der Waals surface area contributed by atoms with Crippen molar-refractivity contribution in [3.05, 3.63) is 27.7 Å². The van der Waals surface area contributed by atoms with Gasteiger partial charge in [0.2, 0.25) is 0 Å². The van der Waals surface area contributed by atoms with Gasteiger partial charge in [0, 0.05) is 29.2 Å². The van der Waals surface area contributed by atoms with Crippen LogP contribution < -0.4 is 4.74 Å². The van der Waals surface area contributed by atoms with Gasteiger partial charge < -0.3 is 14.9 Å². The molecule has 1 fully saturated rings. The minimum atomic E-state index is -0.445. The lowest BCUT2D eigenvalue weighted by Gasteiger charge is -2.33. The number of hydrogen-bond acceptors (Lipinski definition) is 4. The van der Waals surface area contributed by atoms with Gasteiger partial charge in [-0.25, -0.2) is 0 Å². The van der Waals surface area contributed by atoms with Crippen molar-refractivity contribution < 1.29 is 14.9 Å². The van der Waals surface area contributed by atoms with Crippen LogP contribution in [0.1, 0.15) is 18.9 Å². The van der Waals surface area contributed by atoms with Gasteiger partial charge in [0.05, 0.1) is 24.8 Å². The highest BCUT2D eigenvalue weighted by Gasteiger charge is 2.41. The van der Waals surface area contributed by atoms with Crippen molar-refractivity contribution in [2.24, 2.45) is 0 Å². The van der Waals surface area contributed by atoms with E-state index in [1.165, 1.54) is 0 Å². The highest BCUT2D eigenvalue weighted by Crippen LogP contribution is 2.36. The number of methoxy groups -OCH3 is 1. The molecule has 2 unspecified atom stereocenters. The van der Waals surface area contributed by atoms with Crippen LogP contribution in [0.15, 0.2) is 12.1 Å². The monoisotopic (exact) mass is 319 g/mol. The van der Waals surface area contributed by atoms with Crippen molar-refractivity contribution in [3.8, 4) is 5.75 Å². The molecule has 1 aliphatic heterocycles. The number of ether oxygens (including phenoxy) is 1. The van der Waals surface area contributed by atoms with Crippen LogP contribution in [0.5, 0.6) is 5.75 Å². The largest absolute Gasteiger partial charge is 0.495 e. The first kappa shape index (κ1) is 15.9. The molecule has 20 heavy (non-hydrogen) atoms. The molecule has 0 bridgehead atoms. The van der Waals surface area contributed by atoms with Crippen molar-refractivity contribution in [1.29, 1.82) is 0 Å². The number of likely N-dealkylation sites (tertiary alicyclic amines) is 1. The first-order valence-corrected chi connectivity index (χ1v) is 7.21. The molecule has 0 saturated carbocycles. The number of nitrogens with zero attached hydrogens (tertiary/aromatic N) is 1. The Bertz CT molecular complexity index is 498. The smallest absolute Gasteiger partial charge is 0.142 e. The van der Waals surface area contributed by atoms with E-state index in [4.69, 9.17) is 27.9 Å². The summed E-state index contributed by atoms with van der Waals surface area (Å²) in [6.45, 7) is 2.93. The number of halogens is 2. The van der Waals surface area contributed by atoms with Gasteiger partial charge in [-0.3, -0.25) is 4.90 Å². The summed E-state index contributed by atoms with van der Waals surface area (Å²) in [5, 5.41) is 20.4. The minimum absolute atomic E-state index is 0.0132. The molecule has 6 heteroatoms. The molecule has 112 valence electrons. The number of benzene rings is 1. The molecule has 0 aliphatic carbocycles. The number of aliphatic hydroxyl groups excluding tert-OH is 2. The fourth-order valence-corrected chi connectivity index (χ4v) is 3.37. The van der Waals surface area contributed by atoms with Crippen LogP contribution in [0.4, 0.5) is 0 Å². The van der Waals surface area contributed by atoms with E-state index in [-0.39, 0.29) is 6.61 Å². The van der Waals surface area contributed by atoms with Crippen LogP contribution in [-0.4, -0.2) is 47.0 Å². The second-order valence-electron chi connectivity index (χ2n) is 5.47. The zero-order chi connectivity index (χ0) is 14.9. The Balaban J connectivity index is 2.30. The molecule has 1 saturated heterocycles. The Morgan fingerprint density at radius 2 is 2.15 bits per heavy atom. The van der Waals surface area contributed by atoms with Crippen molar-refractivity contribution >= 4 is 23.2 Å². The first-order chi connectivity index (χ1) is 9.39. The molecule has 4 nitrogen and oxygen atoms in total. The van der Waals surface area contributed by atoms with Gasteiger partial charge in [-0.15, -0.1) is 0 Å². The lowest BCUT2D eigenvalue weighted by atomic mass is 9.99. The van der Waals surface area contributed by atoms with E-state index >= 15 is 0 Å². The summed E-state index contributed by atoms with van der Waals surface area (Å²) < 4.78 is 5.33. The van der Waals surface area contributed by atoms with E-state index in [1.54, 1.807) is 19.2 Å². The molecule has 1 heterocycles. The van der Waals surface area contributed by atoms with E-state index in [0.29, 0.717) is 35.3 Å². The summed E-state index contributed by atoms with van der Waals surface area (Å²) in [4.78, 5) is 2.03. The fourth-order valence-electron chi connectivity index (χ4n) is 2.76. The zero-order valence-electron chi connectivity index (χ0n) is 11.6. The Hall–Kier alpha value is -0.520. The van der Waals surface area contributed by atoms with Gasteiger partial charge in [0.1, 0.15) is 5.75 Å². The van der Waals surface area contributed by atoms with E-state index < -0.39 is 11.6 Å². The lowest BCUT2D eigenvalue weighted by Crippen LogP contribution is -2.43. The maximum Gasteiger partial charge on any atom is 0.142 e. The topological polar surface area (TPSA) is 52.9 Å². The predicted molar refractivity (Wildman–Crippen MR) is 79.5 cm³/mol. The van der Waals surface area contributed by atoms with Crippen molar-refractivity contribution in [3.63, 3.8) is 0 Å². The van der Waals surface area contributed by atoms with Gasteiger partial charge in [-0.1, -0.05) is 23.2 Å². The molecule has 0 radical (unpaired) electrons. The number of rotatable bonds is 4. The average Bonchev–Trinajstić information content (AvgIpc) is 2.64. The van der Waals surface area contributed by atoms with Gasteiger partial charge in [0.25, 0.3) is 0 Å². The quantitative estimate of drug-likeness (QED) is 0.894. The summed E-state index contributed by atoms with van der Waals surface area (Å²) in [5.74, 6) is 0.581. The SMILES string of the molecule is COc1c(Cl)cc(Cl)cc1CN1CC(O)CC1(C)CO. The maximum absolute atomic E-state index is 9.84. The van der Waals surface area contributed by atoms with Gasteiger partial charge >= 0.3 is 0 Å². The average molecular weight is 320 g/mol. The molecule has 2 atom stereocenters. The summed E-state index contributed by atoms with van der Waals surface area (Å²) >= 11 is 12.2. The minimum Gasteiger partial charge on any atom is -0.495 e. The molecule has 0 spiro atoms. The Kier molecular flexibility index (Phi) is 4.82. The van der Waals surface area contributed by atoms with Gasteiger partial charge in [-0.05, 0) is 25.5 Å². The van der Waals surface area contributed by atoms with Crippen LogP contribution in [0.2, 0.25) is 10.0 Å². The third kappa shape index (κ3) is 3.05. The molecule has 1 aromatic rings. The van der Waals surface area contributed by atoms with Crippen LogP contribution in [0.25, 0.3) is 0 Å². The highest BCUT2D eigenvalue weighted by molar-refractivity contribution is 6.35. The summed E-state index contributed by atoms with van der Waals surface area (Å²) in [6.07, 6.45) is 0.105. The maximum atomic E-state index is 9.84. The van der Waals surface area contributed by atoms with Crippen molar-refractivity contribution in [1.82, 2.24) is 4.90 Å². The molecular weight excluding hydrogens is 301 g/mol.